The van der Waals surface area contributed by atoms with E-state index in [9.17, 15) is 0 Å². The molecule has 0 aliphatic carbocycles. The highest BCUT2D eigenvalue weighted by Gasteiger charge is 2.34. The lowest BCUT2D eigenvalue weighted by atomic mass is 10.1. The van der Waals surface area contributed by atoms with Gasteiger partial charge >= 0.3 is 0 Å². The quantitative estimate of drug-likeness (QED) is 0.692. The van der Waals surface area contributed by atoms with Crippen LogP contribution < -0.4 is 10.1 Å². The molecule has 0 saturated carbocycles. The first-order valence-corrected chi connectivity index (χ1v) is 4.96. The smallest absolute Gasteiger partial charge is 0.220 e. The van der Waals surface area contributed by atoms with Gasteiger partial charge in [-0.15, -0.1) is 0 Å². The molecule has 15 heavy (non-hydrogen) atoms. The maximum absolute atomic E-state index is 8.77. The molecule has 0 amide bonds. The van der Waals surface area contributed by atoms with E-state index in [2.05, 4.69) is 11.4 Å². The van der Waals surface area contributed by atoms with E-state index in [0.29, 0.717) is 11.3 Å². The summed E-state index contributed by atoms with van der Waals surface area (Å²) >= 11 is 0. The van der Waals surface area contributed by atoms with E-state index in [4.69, 9.17) is 14.7 Å². The molecule has 1 aromatic rings. The molecule has 0 bridgehead atoms. The van der Waals surface area contributed by atoms with Crippen LogP contribution in [0.5, 0.6) is 5.75 Å². The molecule has 2 atom stereocenters. The van der Waals surface area contributed by atoms with Gasteiger partial charge in [0.25, 0.3) is 0 Å². The lowest BCUT2D eigenvalue weighted by Crippen LogP contribution is -2.37. The van der Waals surface area contributed by atoms with Crippen LogP contribution >= 0.6 is 0 Å². The van der Waals surface area contributed by atoms with E-state index in [1.165, 1.54) is 0 Å². The number of nitrogens with one attached hydrogen (secondary N) is 1. The fourth-order valence-corrected chi connectivity index (χ4v) is 1.95. The van der Waals surface area contributed by atoms with Crippen LogP contribution in [0, 0.1) is 11.3 Å². The molecular formula is C11H10N2O2. The van der Waals surface area contributed by atoms with Crippen LogP contribution in [0.3, 0.4) is 0 Å². The average Bonchev–Trinajstić information content (AvgIpc) is 2.72. The molecule has 2 aliphatic heterocycles. The van der Waals surface area contributed by atoms with Crippen LogP contribution in [0.25, 0.3) is 0 Å². The topological polar surface area (TPSA) is 54.3 Å². The van der Waals surface area contributed by atoms with Crippen molar-refractivity contribution in [1.82, 2.24) is 0 Å². The van der Waals surface area contributed by atoms with Crippen molar-refractivity contribution in [3.05, 3.63) is 23.8 Å². The van der Waals surface area contributed by atoms with Crippen LogP contribution in [-0.4, -0.2) is 18.9 Å². The minimum Gasteiger partial charge on any atom is -0.460 e. The van der Waals surface area contributed by atoms with Crippen molar-refractivity contribution in [3.63, 3.8) is 0 Å². The summed E-state index contributed by atoms with van der Waals surface area (Å²) in [6.45, 7) is 0.724. The van der Waals surface area contributed by atoms with Gasteiger partial charge in [0.15, 0.2) is 0 Å². The zero-order chi connectivity index (χ0) is 10.3. The van der Waals surface area contributed by atoms with Gasteiger partial charge in [-0.05, 0) is 18.6 Å². The molecule has 4 heteroatoms. The highest BCUT2D eigenvalue weighted by Crippen LogP contribution is 2.35. The Balaban J connectivity index is 1.97. The van der Waals surface area contributed by atoms with Crippen LogP contribution in [0.15, 0.2) is 18.2 Å². The number of nitriles is 1. The Kier molecular flexibility index (Phi) is 1.79. The van der Waals surface area contributed by atoms with Gasteiger partial charge in [0.05, 0.1) is 30.0 Å². The van der Waals surface area contributed by atoms with E-state index in [0.717, 1.165) is 18.7 Å². The number of ether oxygens (including phenoxy) is 2. The summed E-state index contributed by atoms with van der Waals surface area (Å²) in [5.74, 6) is 0.706. The Hall–Kier alpha value is -1.73. The van der Waals surface area contributed by atoms with Crippen molar-refractivity contribution in [2.24, 2.45) is 0 Å². The van der Waals surface area contributed by atoms with Gasteiger partial charge in [0, 0.05) is 6.07 Å². The zero-order valence-electron chi connectivity index (χ0n) is 8.06. The van der Waals surface area contributed by atoms with E-state index < -0.39 is 0 Å². The number of anilines is 1. The summed E-state index contributed by atoms with van der Waals surface area (Å²) in [5.41, 5.74) is 1.55. The third-order valence-corrected chi connectivity index (χ3v) is 2.73. The Bertz CT molecular complexity index is 439. The molecule has 2 heterocycles. The molecule has 0 aromatic heterocycles. The third-order valence-electron chi connectivity index (χ3n) is 2.73. The highest BCUT2D eigenvalue weighted by molar-refractivity contribution is 5.61. The second kappa shape index (κ2) is 3.14. The van der Waals surface area contributed by atoms with Crippen LogP contribution in [0.1, 0.15) is 12.0 Å². The van der Waals surface area contributed by atoms with Crippen LogP contribution in [0.2, 0.25) is 0 Å². The number of nitrogens with zero attached hydrogens (tertiary/aromatic N) is 1. The molecule has 0 radical (unpaired) electrons. The van der Waals surface area contributed by atoms with E-state index >= 15 is 0 Å². The molecule has 0 unspecified atom stereocenters. The van der Waals surface area contributed by atoms with Crippen molar-refractivity contribution in [2.45, 2.75) is 18.8 Å². The number of rotatable bonds is 0. The minimum atomic E-state index is -0.202. The summed E-state index contributed by atoms with van der Waals surface area (Å²) in [5, 5.41) is 12.1. The predicted octanol–water partition coefficient (Wildman–Crippen LogP) is 1.48. The normalized spacial score (nSPS) is 26.9. The predicted molar refractivity (Wildman–Crippen MR) is 53.6 cm³/mol. The summed E-state index contributed by atoms with van der Waals surface area (Å²) in [6.07, 6.45) is 0.760. The number of hydrogen-bond donors (Lipinski definition) is 1. The van der Waals surface area contributed by atoms with E-state index in [-0.39, 0.29) is 12.3 Å². The first-order valence-electron chi connectivity index (χ1n) is 4.96. The molecule has 1 fully saturated rings. The van der Waals surface area contributed by atoms with Gasteiger partial charge in [-0.3, -0.25) is 0 Å². The summed E-state index contributed by atoms with van der Waals surface area (Å²) < 4.78 is 11.1. The maximum Gasteiger partial charge on any atom is 0.220 e. The molecule has 1 aromatic carbocycles. The van der Waals surface area contributed by atoms with Gasteiger partial charge in [-0.2, -0.15) is 5.26 Å². The molecular weight excluding hydrogens is 192 g/mol. The Morgan fingerprint density at radius 1 is 1.47 bits per heavy atom. The molecule has 76 valence electrons. The number of hydrogen-bond acceptors (Lipinski definition) is 4. The number of fused-ring (bicyclic) bond motifs is 2. The standard InChI is InChI=1S/C11H10N2O2/c12-6-7-1-2-8-10(5-7)15-11-9(13-8)3-4-14-11/h1-2,5,9,11,13H,3-4H2/t9-,11-/m0/s1. The van der Waals surface area contributed by atoms with Crippen molar-refractivity contribution in [2.75, 3.05) is 11.9 Å². The Morgan fingerprint density at radius 3 is 3.27 bits per heavy atom. The lowest BCUT2D eigenvalue weighted by molar-refractivity contribution is -0.0474. The molecule has 1 saturated heterocycles. The fraction of sp³-hybridized carbons (Fsp3) is 0.364. The van der Waals surface area contributed by atoms with Crippen LogP contribution in [0.4, 0.5) is 5.69 Å². The first kappa shape index (κ1) is 8.57. The van der Waals surface area contributed by atoms with Gasteiger partial charge in [0.1, 0.15) is 5.75 Å². The van der Waals surface area contributed by atoms with Gasteiger partial charge in [-0.25, -0.2) is 0 Å². The average molecular weight is 202 g/mol. The van der Waals surface area contributed by atoms with E-state index in [1.54, 1.807) is 12.1 Å². The Morgan fingerprint density at radius 2 is 2.40 bits per heavy atom. The second-order valence-electron chi connectivity index (χ2n) is 3.72. The monoisotopic (exact) mass is 202 g/mol. The lowest BCUT2D eigenvalue weighted by Gasteiger charge is -2.29. The summed E-state index contributed by atoms with van der Waals surface area (Å²) in [6, 6.07) is 7.73. The molecule has 1 N–H and O–H groups in total. The molecule has 3 rings (SSSR count). The number of benzene rings is 1. The minimum absolute atomic E-state index is 0.202. The van der Waals surface area contributed by atoms with Crippen molar-refractivity contribution >= 4 is 5.69 Å². The summed E-state index contributed by atoms with van der Waals surface area (Å²) in [7, 11) is 0. The van der Waals surface area contributed by atoms with E-state index in [1.807, 2.05) is 6.07 Å². The largest absolute Gasteiger partial charge is 0.460 e. The highest BCUT2D eigenvalue weighted by atomic mass is 16.7. The SMILES string of the molecule is N#Cc1ccc2c(c1)O[C@@H]1OCC[C@@H]1N2. The molecule has 0 spiro atoms. The van der Waals surface area contributed by atoms with Crippen LogP contribution in [-0.2, 0) is 4.74 Å². The maximum atomic E-state index is 8.77. The van der Waals surface area contributed by atoms with Gasteiger partial charge in [-0.1, -0.05) is 0 Å². The first-order chi connectivity index (χ1) is 7.36. The van der Waals surface area contributed by atoms with Crippen molar-refractivity contribution in [1.29, 1.82) is 5.26 Å². The second-order valence-corrected chi connectivity index (χ2v) is 3.72. The van der Waals surface area contributed by atoms with Gasteiger partial charge < -0.3 is 14.8 Å². The molecule has 2 aliphatic rings. The molecule has 4 nitrogen and oxygen atoms in total. The third kappa shape index (κ3) is 1.32. The zero-order valence-corrected chi connectivity index (χ0v) is 8.06. The Labute approximate surface area is 87.4 Å². The van der Waals surface area contributed by atoms with Crippen molar-refractivity contribution in [3.8, 4) is 11.8 Å². The summed E-state index contributed by atoms with van der Waals surface area (Å²) in [4.78, 5) is 0. The van der Waals surface area contributed by atoms with Crippen molar-refractivity contribution < 1.29 is 9.47 Å². The van der Waals surface area contributed by atoms with Gasteiger partial charge in [0.2, 0.25) is 6.29 Å². The fourth-order valence-electron chi connectivity index (χ4n) is 1.95.